The van der Waals surface area contributed by atoms with E-state index in [1.165, 1.54) is 6.92 Å². The molecule has 0 bridgehead atoms. The van der Waals surface area contributed by atoms with Gasteiger partial charge in [0.15, 0.2) is 0 Å². The van der Waals surface area contributed by atoms with E-state index >= 15 is 0 Å². The molecule has 0 spiro atoms. The Morgan fingerprint density at radius 2 is 2.21 bits per heavy atom. The lowest BCUT2D eigenvalue weighted by Gasteiger charge is -2.20. The summed E-state index contributed by atoms with van der Waals surface area (Å²) in [6.45, 7) is 0.349. The monoisotopic (exact) mass is 272 g/mol. The topological polar surface area (TPSA) is 113 Å². The van der Waals surface area contributed by atoms with Gasteiger partial charge in [-0.3, -0.25) is 14.9 Å². The predicted octanol–water partition coefficient (Wildman–Crippen LogP) is 0.207. The van der Waals surface area contributed by atoms with Crippen molar-refractivity contribution in [1.82, 2.24) is 5.32 Å². The zero-order valence-electron chi connectivity index (χ0n) is 10.1. The number of benzene rings is 1. The molecule has 1 rings (SSSR count). The maximum absolute atomic E-state index is 13.0. The molecule has 1 atom stereocenters. The van der Waals surface area contributed by atoms with Crippen molar-refractivity contribution in [2.75, 3.05) is 13.2 Å². The molecule has 1 aromatic rings. The molecule has 104 valence electrons. The molecule has 19 heavy (non-hydrogen) atoms. The van der Waals surface area contributed by atoms with Crippen molar-refractivity contribution in [2.45, 2.75) is 12.5 Å². The number of hydrogen-bond donors (Lipinski definition) is 3. The van der Waals surface area contributed by atoms with E-state index in [1.807, 2.05) is 0 Å². The van der Waals surface area contributed by atoms with Crippen LogP contribution in [0.5, 0.6) is 0 Å². The minimum atomic E-state index is -1.56. The summed E-state index contributed by atoms with van der Waals surface area (Å²) in [5.41, 5.74) is -2.54. The Bertz CT molecular complexity index is 504. The SMILES string of the molecule is CC(O)(CO)CNC(=O)c1cc(F)ccc1[N+](=O)[O-]. The van der Waals surface area contributed by atoms with Crippen LogP contribution in [0.25, 0.3) is 0 Å². The van der Waals surface area contributed by atoms with E-state index in [2.05, 4.69) is 5.32 Å². The second-order valence-corrected chi connectivity index (χ2v) is 4.26. The van der Waals surface area contributed by atoms with E-state index in [0.717, 1.165) is 18.2 Å². The summed E-state index contributed by atoms with van der Waals surface area (Å²) < 4.78 is 13.0. The third-order valence-corrected chi connectivity index (χ3v) is 2.37. The maximum atomic E-state index is 13.0. The minimum Gasteiger partial charge on any atom is -0.393 e. The van der Waals surface area contributed by atoms with E-state index < -0.39 is 40.1 Å². The van der Waals surface area contributed by atoms with Gasteiger partial charge in [0, 0.05) is 12.6 Å². The van der Waals surface area contributed by atoms with Crippen LogP contribution in [0.1, 0.15) is 17.3 Å². The van der Waals surface area contributed by atoms with Crippen LogP contribution in [0.2, 0.25) is 0 Å². The highest BCUT2D eigenvalue weighted by Crippen LogP contribution is 2.19. The summed E-state index contributed by atoms with van der Waals surface area (Å²) in [6, 6.07) is 2.49. The zero-order chi connectivity index (χ0) is 14.6. The summed E-state index contributed by atoms with van der Waals surface area (Å²) in [5.74, 6) is -1.69. The average molecular weight is 272 g/mol. The number of amides is 1. The van der Waals surface area contributed by atoms with E-state index in [0.29, 0.717) is 0 Å². The van der Waals surface area contributed by atoms with Gasteiger partial charge < -0.3 is 15.5 Å². The number of carbonyl (C=O) groups excluding carboxylic acids is 1. The molecule has 0 aliphatic carbocycles. The van der Waals surface area contributed by atoms with Crippen LogP contribution in [-0.2, 0) is 0 Å². The molecule has 0 fully saturated rings. The Kier molecular flexibility index (Phi) is 4.52. The number of carbonyl (C=O) groups is 1. The normalized spacial score (nSPS) is 13.7. The van der Waals surface area contributed by atoms with Crippen molar-refractivity contribution >= 4 is 11.6 Å². The molecule has 7 nitrogen and oxygen atoms in total. The zero-order valence-corrected chi connectivity index (χ0v) is 10.1. The van der Waals surface area contributed by atoms with Gasteiger partial charge in [-0.2, -0.15) is 0 Å². The summed E-state index contributed by atoms with van der Waals surface area (Å²) >= 11 is 0. The van der Waals surface area contributed by atoms with Crippen LogP contribution in [-0.4, -0.2) is 39.8 Å². The van der Waals surface area contributed by atoms with Gasteiger partial charge in [-0.05, 0) is 19.1 Å². The molecular formula is C11H13FN2O5. The van der Waals surface area contributed by atoms with E-state index in [-0.39, 0.29) is 6.54 Å². The highest BCUT2D eigenvalue weighted by molar-refractivity contribution is 5.98. The number of nitrogens with one attached hydrogen (secondary N) is 1. The lowest BCUT2D eigenvalue weighted by atomic mass is 10.1. The summed E-state index contributed by atoms with van der Waals surface area (Å²) in [6.07, 6.45) is 0. The van der Waals surface area contributed by atoms with Crippen LogP contribution in [0, 0.1) is 15.9 Å². The highest BCUT2D eigenvalue weighted by Gasteiger charge is 2.24. The number of nitro groups is 1. The molecule has 0 saturated carbocycles. The van der Waals surface area contributed by atoms with Crippen LogP contribution in [0.3, 0.4) is 0 Å². The van der Waals surface area contributed by atoms with Crippen molar-refractivity contribution < 1.29 is 24.3 Å². The average Bonchev–Trinajstić information content (AvgIpc) is 2.35. The standard InChI is InChI=1S/C11H13FN2O5/c1-11(17,6-15)5-13-10(16)8-4-7(12)2-3-9(8)14(18)19/h2-4,15,17H,5-6H2,1H3,(H,13,16). The predicted molar refractivity (Wildman–Crippen MR) is 63.1 cm³/mol. The number of nitro benzene ring substituents is 1. The van der Waals surface area contributed by atoms with E-state index in [1.54, 1.807) is 0 Å². The van der Waals surface area contributed by atoms with E-state index in [4.69, 9.17) is 5.11 Å². The first-order valence-electron chi connectivity index (χ1n) is 5.32. The first-order chi connectivity index (χ1) is 8.76. The van der Waals surface area contributed by atoms with Crippen molar-refractivity contribution in [3.63, 3.8) is 0 Å². The van der Waals surface area contributed by atoms with Gasteiger partial charge in [-0.1, -0.05) is 0 Å². The first kappa shape index (κ1) is 15.0. The molecule has 0 radical (unpaired) electrons. The largest absolute Gasteiger partial charge is 0.393 e. The molecule has 1 amide bonds. The molecule has 1 unspecified atom stereocenters. The second-order valence-electron chi connectivity index (χ2n) is 4.26. The van der Waals surface area contributed by atoms with Gasteiger partial charge >= 0.3 is 0 Å². The smallest absolute Gasteiger partial charge is 0.282 e. The third kappa shape index (κ3) is 3.97. The molecule has 0 aliphatic rings. The fourth-order valence-electron chi connectivity index (χ4n) is 1.27. The van der Waals surface area contributed by atoms with Gasteiger partial charge in [-0.25, -0.2) is 4.39 Å². The lowest BCUT2D eigenvalue weighted by Crippen LogP contribution is -2.43. The molecule has 1 aromatic carbocycles. The van der Waals surface area contributed by atoms with Gasteiger partial charge in [0.1, 0.15) is 17.0 Å². The third-order valence-electron chi connectivity index (χ3n) is 2.37. The number of nitrogens with zero attached hydrogens (tertiary/aromatic N) is 1. The molecular weight excluding hydrogens is 259 g/mol. The summed E-state index contributed by atoms with van der Waals surface area (Å²) in [4.78, 5) is 21.6. The summed E-state index contributed by atoms with van der Waals surface area (Å²) in [7, 11) is 0. The quantitative estimate of drug-likeness (QED) is 0.523. The second kappa shape index (κ2) is 5.72. The van der Waals surface area contributed by atoms with Gasteiger partial charge in [0.2, 0.25) is 0 Å². The molecule has 0 aromatic heterocycles. The van der Waals surface area contributed by atoms with Crippen LogP contribution in [0.4, 0.5) is 10.1 Å². The highest BCUT2D eigenvalue weighted by atomic mass is 19.1. The molecule has 3 N–H and O–H groups in total. The number of aliphatic hydroxyl groups is 2. The Labute approximate surface area is 107 Å². The molecule has 0 heterocycles. The van der Waals surface area contributed by atoms with Crippen molar-refractivity contribution in [3.05, 3.63) is 39.7 Å². The van der Waals surface area contributed by atoms with Gasteiger partial charge in [0.25, 0.3) is 11.6 Å². The Morgan fingerprint density at radius 1 is 1.58 bits per heavy atom. The molecule has 8 heteroatoms. The Hall–Kier alpha value is -2.06. The lowest BCUT2D eigenvalue weighted by molar-refractivity contribution is -0.385. The van der Waals surface area contributed by atoms with Gasteiger partial charge in [-0.15, -0.1) is 0 Å². The van der Waals surface area contributed by atoms with Crippen LogP contribution < -0.4 is 5.32 Å². The number of rotatable bonds is 5. The van der Waals surface area contributed by atoms with Crippen molar-refractivity contribution in [2.24, 2.45) is 0 Å². The first-order valence-corrected chi connectivity index (χ1v) is 5.32. The Balaban J connectivity index is 2.93. The number of halogens is 1. The van der Waals surface area contributed by atoms with E-state index in [9.17, 15) is 24.4 Å². The Morgan fingerprint density at radius 3 is 2.74 bits per heavy atom. The molecule has 0 aliphatic heterocycles. The van der Waals surface area contributed by atoms with Crippen LogP contribution >= 0.6 is 0 Å². The van der Waals surface area contributed by atoms with Gasteiger partial charge in [0.05, 0.1) is 11.5 Å². The van der Waals surface area contributed by atoms with Crippen molar-refractivity contribution in [3.8, 4) is 0 Å². The maximum Gasteiger partial charge on any atom is 0.282 e. The molecule has 0 saturated heterocycles. The summed E-state index contributed by atoms with van der Waals surface area (Å²) in [5, 5.41) is 31.2. The fourth-order valence-corrected chi connectivity index (χ4v) is 1.27. The fraction of sp³-hybridized carbons (Fsp3) is 0.364. The number of aliphatic hydroxyl groups excluding tert-OH is 1. The van der Waals surface area contributed by atoms with Crippen molar-refractivity contribution in [1.29, 1.82) is 0 Å². The number of hydrogen-bond acceptors (Lipinski definition) is 5. The minimum absolute atomic E-state index is 0.323. The van der Waals surface area contributed by atoms with Crippen LogP contribution in [0.15, 0.2) is 18.2 Å².